The second-order valence-corrected chi connectivity index (χ2v) is 13.4. The average molecular weight is 611 g/mol. The molecule has 2 atom stereocenters. The van der Waals surface area contributed by atoms with Gasteiger partial charge in [-0.15, -0.1) is 0 Å². The topological polar surface area (TPSA) is 92.3 Å². The number of alkyl halides is 6. The minimum absolute atomic E-state index is 0.112. The van der Waals surface area contributed by atoms with Crippen molar-refractivity contribution in [2.75, 3.05) is 9.44 Å². The summed E-state index contributed by atoms with van der Waals surface area (Å²) in [6.07, 6.45) is 5.90. The largest absolute Gasteiger partial charge is 0.516 e. The van der Waals surface area contributed by atoms with Gasteiger partial charge in [0.1, 0.15) is 0 Å². The van der Waals surface area contributed by atoms with Crippen LogP contribution in [0.3, 0.4) is 0 Å². The number of allylic oxidation sites excluding steroid dienone is 4. The van der Waals surface area contributed by atoms with Gasteiger partial charge in [-0.2, -0.15) is 43.2 Å². The van der Waals surface area contributed by atoms with E-state index in [-0.39, 0.29) is 23.2 Å². The van der Waals surface area contributed by atoms with Crippen LogP contribution in [-0.2, 0) is 25.5 Å². The molecule has 0 radical (unpaired) electrons. The summed E-state index contributed by atoms with van der Waals surface area (Å²) in [7, 11) is -11.2. The van der Waals surface area contributed by atoms with Gasteiger partial charge in [-0.3, -0.25) is 9.44 Å². The molecule has 40 heavy (non-hydrogen) atoms. The predicted octanol–water partition coefficient (Wildman–Crippen LogP) is 7.04. The average Bonchev–Trinajstić information content (AvgIpc) is 2.82. The Labute approximate surface area is 229 Å². The third-order valence-corrected chi connectivity index (χ3v) is 9.04. The maximum absolute atomic E-state index is 12.8. The van der Waals surface area contributed by atoms with Gasteiger partial charge < -0.3 is 0 Å². The van der Waals surface area contributed by atoms with Crippen LogP contribution in [0.5, 0.6) is 0 Å². The molecule has 0 amide bonds. The molecule has 0 saturated carbocycles. The van der Waals surface area contributed by atoms with Crippen molar-refractivity contribution in [3.8, 4) is 0 Å². The van der Waals surface area contributed by atoms with Gasteiger partial charge in [0, 0.05) is 22.7 Å². The van der Waals surface area contributed by atoms with Gasteiger partial charge in [-0.1, -0.05) is 70.2 Å². The van der Waals surface area contributed by atoms with Gasteiger partial charge in [0.15, 0.2) is 0 Å². The Balaban J connectivity index is 2.07. The molecule has 6 nitrogen and oxygen atoms in total. The van der Waals surface area contributed by atoms with Crippen molar-refractivity contribution < 1.29 is 43.2 Å². The lowest BCUT2D eigenvalue weighted by Crippen LogP contribution is -2.38. The molecule has 220 valence electrons. The van der Waals surface area contributed by atoms with Gasteiger partial charge in [0.25, 0.3) is 0 Å². The maximum atomic E-state index is 12.8. The van der Waals surface area contributed by atoms with E-state index in [1.54, 1.807) is 0 Å². The van der Waals surface area contributed by atoms with E-state index in [1.807, 2.05) is 45.9 Å². The van der Waals surface area contributed by atoms with Gasteiger partial charge >= 0.3 is 31.1 Å². The van der Waals surface area contributed by atoms with Crippen LogP contribution in [0.25, 0.3) is 0 Å². The van der Waals surface area contributed by atoms with Gasteiger partial charge in [0.2, 0.25) is 0 Å². The summed E-state index contributed by atoms with van der Waals surface area (Å²) in [6, 6.07) is 11.0. The standard InChI is InChI=1S/C26H28F6N2O4S2/c1-16(2)19-13-14-24(17(3)4,20-7-11-22(12-8-20)34-40(37,38)26(30,31)32)23(15-19)18-5-9-21(10-6-18)33-39(35,36)25(27,28)29/h5-17,23,33-34H,1-4H3. The van der Waals surface area contributed by atoms with E-state index in [0.717, 1.165) is 5.57 Å². The molecule has 2 N–H and O–H groups in total. The summed E-state index contributed by atoms with van der Waals surface area (Å²) < 4.78 is 126. The molecule has 2 aromatic carbocycles. The van der Waals surface area contributed by atoms with E-state index in [0.29, 0.717) is 11.1 Å². The van der Waals surface area contributed by atoms with Crippen LogP contribution < -0.4 is 9.44 Å². The number of anilines is 2. The number of hydrogen-bond donors (Lipinski definition) is 2. The molecular formula is C26H28F6N2O4S2. The molecule has 1 aliphatic carbocycles. The Morgan fingerprint density at radius 2 is 1.15 bits per heavy atom. The van der Waals surface area contributed by atoms with Crippen LogP contribution in [0.1, 0.15) is 44.7 Å². The monoisotopic (exact) mass is 610 g/mol. The minimum Gasteiger partial charge on any atom is -0.276 e. The van der Waals surface area contributed by atoms with Crippen molar-refractivity contribution in [3.05, 3.63) is 83.5 Å². The van der Waals surface area contributed by atoms with Crippen LogP contribution in [0, 0.1) is 11.8 Å². The molecule has 0 heterocycles. The van der Waals surface area contributed by atoms with Gasteiger partial charge in [0.05, 0.1) is 0 Å². The Morgan fingerprint density at radius 3 is 1.52 bits per heavy atom. The molecule has 1 aliphatic rings. The molecule has 2 unspecified atom stereocenters. The summed E-state index contributed by atoms with van der Waals surface area (Å²) in [5.41, 5.74) is -10.1. The van der Waals surface area contributed by atoms with Crippen molar-refractivity contribution in [1.29, 1.82) is 0 Å². The van der Waals surface area contributed by atoms with E-state index in [2.05, 4.69) is 0 Å². The highest BCUT2D eigenvalue weighted by molar-refractivity contribution is 7.93. The van der Waals surface area contributed by atoms with Crippen LogP contribution in [-0.4, -0.2) is 27.9 Å². The fourth-order valence-corrected chi connectivity index (χ4v) is 5.78. The van der Waals surface area contributed by atoms with E-state index in [9.17, 15) is 43.2 Å². The second kappa shape index (κ2) is 10.8. The van der Waals surface area contributed by atoms with Crippen molar-refractivity contribution >= 4 is 31.4 Å². The molecule has 0 aliphatic heterocycles. The fourth-order valence-electron chi connectivity index (χ4n) is 4.65. The summed E-state index contributed by atoms with van der Waals surface area (Å²) in [5, 5.41) is 0. The smallest absolute Gasteiger partial charge is 0.276 e. The zero-order valence-electron chi connectivity index (χ0n) is 21.8. The first-order valence-electron chi connectivity index (χ1n) is 12.0. The normalized spacial score (nSPS) is 20.5. The third-order valence-electron chi connectivity index (χ3n) is 6.82. The number of rotatable bonds is 8. The lowest BCUT2D eigenvalue weighted by molar-refractivity contribution is -0.0435. The summed E-state index contributed by atoms with van der Waals surface area (Å²) in [6.45, 7) is 7.81. The first kappa shape index (κ1) is 31.5. The molecule has 0 bridgehead atoms. The number of benzene rings is 2. The second-order valence-electron chi connectivity index (χ2n) is 10.0. The highest BCUT2D eigenvalue weighted by atomic mass is 32.2. The van der Waals surface area contributed by atoms with E-state index >= 15 is 0 Å². The first-order valence-corrected chi connectivity index (χ1v) is 15.0. The molecule has 0 aromatic heterocycles. The Morgan fingerprint density at radius 1 is 0.725 bits per heavy atom. The summed E-state index contributed by atoms with van der Waals surface area (Å²) in [4.78, 5) is 0. The number of nitrogens with one attached hydrogen (secondary N) is 2. The SMILES string of the molecule is CC(C)C1=CC(c2ccc(NS(=O)(=O)C(F)(F)F)cc2)C(c2ccc(NS(=O)(=O)C(F)(F)F)cc2)(C(C)C)C=C1. The maximum Gasteiger partial charge on any atom is 0.516 e. The summed E-state index contributed by atoms with van der Waals surface area (Å²) in [5.74, 6) is -0.429. The van der Waals surface area contributed by atoms with E-state index in [4.69, 9.17) is 0 Å². The highest BCUT2D eigenvalue weighted by Gasteiger charge is 2.47. The molecule has 3 rings (SSSR count). The quantitative estimate of drug-likeness (QED) is 0.314. The van der Waals surface area contributed by atoms with E-state index in [1.165, 1.54) is 58.0 Å². The molecular weight excluding hydrogens is 582 g/mol. The first-order chi connectivity index (χ1) is 18.2. The molecule has 2 aromatic rings. The van der Waals surface area contributed by atoms with Crippen molar-refractivity contribution in [3.63, 3.8) is 0 Å². The summed E-state index contributed by atoms with van der Waals surface area (Å²) >= 11 is 0. The molecule has 0 spiro atoms. The van der Waals surface area contributed by atoms with Crippen molar-refractivity contribution in [2.45, 2.75) is 50.0 Å². The van der Waals surface area contributed by atoms with Crippen LogP contribution in [0.2, 0.25) is 0 Å². The highest BCUT2D eigenvalue weighted by Crippen LogP contribution is 2.50. The Kier molecular flexibility index (Phi) is 8.49. The lowest BCUT2D eigenvalue weighted by Gasteiger charge is -2.44. The van der Waals surface area contributed by atoms with Crippen LogP contribution in [0.15, 0.2) is 72.3 Å². The zero-order valence-corrected chi connectivity index (χ0v) is 23.4. The number of hydrogen-bond acceptors (Lipinski definition) is 4. The van der Waals surface area contributed by atoms with Gasteiger partial charge in [-0.05, 0) is 52.8 Å². The van der Waals surface area contributed by atoms with E-state index < -0.39 is 42.4 Å². The molecule has 14 heteroatoms. The Bertz CT molecular complexity index is 1490. The molecule has 0 saturated heterocycles. The van der Waals surface area contributed by atoms with Crippen molar-refractivity contribution in [2.24, 2.45) is 11.8 Å². The fraction of sp³-hybridized carbons (Fsp3) is 0.385. The Hall–Kier alpha value is -3.00. The predicted molar refractivity (Wildman–Crippen MR) is 141 cm³/mol. The minimum atomic E-state index is -5.61. The van der Waals surface area contributed by atoms with Gasteiger partial charge in [-0.25, -0.2) is 0 Å². The number of sulfonamides is 2. The molecule has 0 fully saturated rings. The van der Waals surface area contributed by atoms with Crippen LogP contribution in [0.4, 0.5) is 37.7 Å². The zero-order chi connectivity index (χ0) is 30.3. The van der Waals surface area contributed by atoms with Crippen molar-refractivity contribution in [1.82, 2.24) is 0 Å². The van der Waals surface area contributed by atoms with Crippen LogP contribution >= 0.6 is 0 Å². The third kappa shape index (κ3) is 6.17. The number of halogens is 6. The lowest BCUT2D eigenvalue weighted by atomic mass is 9.59.